The number of carboxylic acids is 1. The number of nitrogens with zero attached hydrogens (tertiary/aromatic N) is 1. The van der Waals surface area contributed by atoms with Crippen molar-refractivity contribution in [1.82, 2.24) is 10.2 Å². The first-order chi connectivity index (χ1) is 8.54. The molecule has 0 bridgehead atoms. The van der Waals surface area contributed by atoms with E-state index in [1.54, 1.807) is 0 Å². The second kappa shape index (κ2) is 10.3. The summed E-state index contributed by atoms with van der Waals surface area (Å²) in [4.78, 5) is 13.4. The molecule has 0 spiro atoms. The number of rotatable bonds is 11. The van der Waals surface area contributed by atoms with E-state index in [0.29, 0.717) is 12.3 Å². The van der Waals surface area contributed by atoms with Crippen molar-refractivity contribution >= 4 is 5.97 Å². The predicted octanol–water partition coefficient (Wildman–Crippen LogP) is 2.20. The van der Waals surface area contributed by atoms with Crippen LogP contribution in [0, 0.1) is 5.92 Å². The van der Waals surface area contributed by atoms with E-state index in [1.807, 2.05) is 6.92 Å². The monoisotopic (exact) mass is 258 g/mol. The highest BCUT2D eigenvalue weighted by molar-refractivity contribution is 5.73. The van der Waals surface area contributed by atoms with E-state index in [9.17, 15) is 4.79 Å². The Labute approximate surface area is 112 Å². The van der Waals surface area contributed by atoms with Crippen LogP contribution in [0.4, 0.5) is 0 Å². The summed E-state index contributed by atoms with van der Waals surface area (Å²) in [5.41, 5.74) is 0. The summed E-state index contributed by atoms with van der Waals surface area (Å²) in [6.45, 7) is 12.3. The number of carbonyl (C=O) groups is 1. The fourth-order valence-corrected chi connectivity index (χ4v) is 1.89. The Morgan fingerprint density at radius 3 is 2.44 bits per heavy atom. The average molecular weight is 258 g/mol. The van der Waals surface area contributed by atoms with Gasteiger partial charge in [-0.05, 0) is 31.8 Å². The Kier molecular flexibility index (Phi) is 9.98. The molecule has 18 heavy (non-hydrogen) atoms. The molecular formula is C14H30N2O2. The summed E-state index contributed by atoms with van der Waals surface area (Å²) in [5, 5.41) is 12.2. The van der Waals surface area contributed by atoms with Crippen LogP contribution in [0.15, 0.2) is 0 Å². The van der Waals surface area contributed by atoms with Crippen LogP contribution in [-0.2, 0) is 4.79 Å². The quantitative estimate of drug-likeness (QED) is 0.596. The lowest BCUT2D eigenvalue weighted by molar-refractivity contribution is -0.139. The number of aliphatic carboxylic acids is 1. The van der Waals surface area contributed by atoms with Gasteiger partial charge in [-0.1, -0.05) is 34.1 Å². The fourth-order valence-electron chi connectivity index (χ4n) is 1.89. The van der Waals surface area contributed by atoms with E-state index < -0.39 is 12.0 Å². The molecule has 0 aliphatic carbocycles. The third-order valence-electron chi connectivity index (χ3n) is 3.39. The van der Waals surface area contributed by atoms with Gasteiger partial charge in [0.15, 0.2) is 0 Å². The second-order valence-corrected chi connectivity index (χ2v) is 5.04. The SMILES string of the molecule is CCCNC(CCN(CC)CC(C)CC)C(=O)O. The maximum absolute atomic E-state index is 11.1. The maximum Gasteiger partial charge on any atom is 0.320 e. The van der Waals surface area contributed by atoms with Gasteiger partial charge in [0.1, 0.15) is 6.04 Å². The van der Waals surface area contributed by atoms with E-state index >= 15 is 0 Å². The summed E-state index contributed by atoms with van der Waals surface area (Å²) >= 11 is 0. The van der Waals surface area contributed by atoms with Gasteiger partial charge in [0, 0.05) is 13.1 Å². The Morgan fingerprint density at radius 1 is 1.33 bits per heavy atom. The molecule has 2 atom stereocenters. The van der Waals surface area contributed by atoms with E-state index in [4.69, 9.17) is 5.11 Å². The highest BCUT2D eigenvalue weighted by Gasteiger charge is 2.17. The second-order valence-electron chi connectivity index (χ2n) is 5.04. The summed E-state index contributed by atoms with van der Waals surface area (Å²) < 4.78 is 0. The summed E-state index contributed by atoms with van der Waals surface area (Å²) in [6, 6.07) is -0.407. The van der Waals surface area contributed by atoms with Crippen LogP contribution >= 0.6 is 0 Å². The molecule has 2 unspecified atom stereocenters. The van der Waals surface area contributed by atoms with Crippen molar-refractivity contribution in [1.29, 1.82) is 0 Å². The van der Waals surface area contributed by atoms with Crippen molar-refractivity contribution < 1.29 is 9.90 Å². The van der Waals surface area contributed by atoms with E-state index in [0.717, 1.165) is 32.6 Å². The van der Waals surface area contributed by atoms with Gasteiger partial charge < -0.3 is 15.3 Å². The standard InChI is InChI=1S/C14H30N2O2/c1-5-9-15-13(14(17)18)8-10-16(7-3)11-12(4)6-2/h12-13,15H,5-11H2,1-4H3,(H,17,18). The first kappa shape index (κ1) is 17.4. The van der Waals surface area contributed by atoms with Crippen molar-refractivity contribution in [2.75, 3.05) is 26.2 Å². The van der Waals surface area contributed by atoms with Gasteiger partial charge in [0.25, 0.3) is 0 Å². The van der Waals surface area contributed by atoms with Crippen LogP contribution in [0.25, 0.3) is 0 Å². The molecule has 0 aliphatic heterocycles. The number of nitrogens with one attached hydrogen (secondary N) is 1. The van der Waals surface area contributed by atoms with Crippen molar-refractivity contribution in [2.24, 2.45) is 5.92 Å². The Balaban J connectivity index is 4.08. The van der Waals surface area contributed by atoms with Gasteiger partial charge in [-0.25, -0.2) is 0 Å². The lowest BCUT2D eigenvalue weighted by atomic mass is 10.1. The van der Waals surface area contributed by atoms with Gasteiger partial charge in [0.2, 0.25) is 0 Å². The van der Waals surface area contributed by atoms with Crippen LogP contribution in [0.1, 0.15) is 47.0 Å². The lowest BCUT2D eigenvalue weighted by Crippen LogP contribution is -2.41. The van der Waals surface area contributed by atoms with Gasteiger partial charge in [-0.2, -0.15) is 0 Å². The fraction of sp³-hybridized carbons (Fsp3) is 0.929. The predicted molar refractivity (Wildman–Crippen MR) is 75.9 cm³/mol. The molecule has 4 heteroatoms. The van der Waals surface area contributed by atoms with Crippen molar-refractivity contribution in [2.45, 2.75) is 53.0 Å². The minimum atomic E-state index is -0.733. The first-order valence-electron chi connectivity index (χ1n) is 7.23. The summed E-state index contributed by atoms with van der Waals surface area (Å²) in [5.74, 6) is -0.0557. The lowest BCUT2D eigenvalue weighted by Gasteiger charge is -2.25. The van der Waals surface area contributed by atoms with Gasteiger partial charge >= 0.3 is 5.97 Å². The minimum Gasteiger partial charge on any atom is -0.480 e. The molecule has 0 heterocycles. The van der Waals surface area contributed by atoms with Crippen LogP contribution in [-0.4, -0.2) is 48.2 Å². The van der Waals surface area contributed by atoms with Crippen LogP contribution in [0.2, 0.25) is 0 Å². The molecule has 0 fully saturated rings. The zero-order valence-corrected chi connectivity index (χ0v) is 12.4. The zero-order chi connectivity index (χ0) is 14.0. The molecule has 0 saturated heterocycles. The minimum absolute atomic E-state index is 0.407. The molecule has 2 N–H and O–H groups in total. The third kappa shape index (κ3) is 7.67. The molecule has 0 rings (SSSR count). The van der Waals surface area contributed by atoms with Gasteiger partial charge in [0.05, 0.1) is 0 Å². The van der Waals surface area contributed by atoms with Crippen molar-refractivity contribution in [3.63, 3.8) is 0 Å². The molecule has 0 aromatic heterocycles. The number of carboxylic acid groups (broad SMARTS) is 1. The highest BCUT2D eigenvalue weighted by atomic mass is 16.4. The van der Waals surface area contributed by atoms with Crippen molar-refractivity contribution in [3.05, 3.63) is 0 Å². The molecule has 0 amide bonds. The van der Waals surface area contributed by atoms with Crippen LogP contribution in [0.3, 0.4) is 0 Å². The van der Waals surface area contributed by atoms with Gasteiger partial charge in [-0.3, -0.25) is 4.79 Å². The zero-order valence-electron chi connectivity index (χ0n) is 12.4. The highest BCUT2D eigenvalue weighted by Crippen LogP contribution is 2.06. The molecule has 0 aliphatic rings. The number of hydrogen-bond acceptors (Lipinski definition) is 3. The molecule has 0 radical (unpaired) electrons. The summed E-state index contributed by atoms with van der Waals surface area (Å²) in [7, 11) is 0. The number of hydrogen-bond donors (Lipinski definition) is 2. The van der Waals surface area contributed by atoms with Crippen molar-refractivity contribution in [3.8, 4) is 0 Å². The van der Waals surface area contributed by atoms with E-state index in [1.165, 1.54) is 6.42 Å². The topological polar surface area (TPSA) is 52.6 Å². The Bertz CT molecular complexity index is 222. The molecule has 4 nitrogen and oxygen atoms in total. The molecule has 108 valence electrons. The summed E-state index contributed by atoms with van der Waals surface area (Å²) in [6.07, 6.45) is 2.82. The Morgan fingerprint density at radius 2 is 2.00 bits per heavy atom. The maximum atomic E-state index is 11.1. The molecule has 0 aromatic carbocycles. The van der Waals surface area contributed by atoms with E-state index in [-0.39, 0.29) is 0 Å². The third-order valence-corrected chi connectivity index (χ3v) is 3.39. The molecular weight excluding hydrogens is 228 g/mol. The average Bonchev–Trinajstić information content (AvgIpc) is 2.36. The normalized spacial score (nSPS) is 14.7. The first-order valence-corrected chi connectivity index (χ1v) is 7.23. The smallest absolute Gasteiger partial charge is 0.320 e. The van der Waals surface area contributed by atoms with Crippen LogP contribution in [0.5, 0.6) is 0 Å². The molecule has 0 saturated carbocycles. The Hall–Kier alpha value is -0.610. The van der Waals surface area contributed by atoms with Crippen LogP contribution < -0.4 is 5.32 Å². The van der Waals surface area contributed by atoms with E-state index in [2.05, 4.69) is 31.0 Å². The largest absolute Gasteiger partial charge is 0.480 e. The molecule has 0 aromatic rings. The van der Waals surface area contributed by atoms with Gasteiger partial charge in [-0.15, -0.1) is 0 Å².